The van der Waals surface area contributed by atoms with E-state index in [9.17, 15) is 4.79 Å². The van der Waals surface area contributed by atoms with Gasteiger partial charge in [0.2, 0.25) is 0 Å². The maximum Gasteiger partial charge on any atom is 0.271 e. The lowest BCUT2D eigenvalue weighted by Gasteiger charge is -2.26. The summed E-state index contributed by atoms with van der Waals surface area (Å²) in [4.78, 5) is 20.4. The van der Waals surface area contributed by atoms with Gasteiger partial charge in [0.15, 0.2) is 0 Å². The third kappa shape index (κ3) is 4.99. The van der Waals surface area contributed by atoms with Crippen molar-refractivity contribution < 1.29 is 4.79 Å². The van der Waals surface area contributed by atoms with E-state index in [4.69, 9.17) is 0 Å². The van der Waals surface area contributed by atoms with Crippen LogP contribution in [0.15, 0.2) is 12.4 Å². The summed E-state index contributed by atoms with van der Waals surface area (Å²) in [6.07, 6.45) is 9.49. The fourth-order valence-corrected chi connectivity index (χ4v) is 3.04. The zero-order valence-corrected chi connectivity index (χ0v) is 13.1. The first kappa shape index (κ1) is 15.7. The molecule has 0 aromatic carbocycles. The molecule has 1 aliphatic rings. The van der Waals surface area contributed by atoms with Gasteiger partial charge >= 0.3 is 0 Å². The Labute approximate surface area is 127 Å². The molecule has 0 radical (unpaired) electrons. The molecule has 2 unspecified atom stereocenters. The van der Waals surface area contributed by atoms with Crippen LogP contribution in [-0.4, -0.2) is 29.0 Å². The number of anilines is 1. The van der Waals surface area contributed by atoms with Gasteiger partial charge in [-0.15, -0.1) is 0 Å². The monoisotopic (exact) mass is 290 g/mol. The molecule has 0 saturated heterocycles. The van der Waals surface area contributed by atoms with Crippen LogP contribution in [0.3, 0.4) is 0 Å². The highest BCUT2D eigenvalue weighted by Gasteiger charge is 2.18. The van der Waals surface area contributed by atoms with Gasteiger partial charge in [0.25, 0.3) is 5.91 Å². The molecule has 1 fully saturated rings. The molecule has 1 heterocycles. The molecule has 2 rings (SSSR count). The zero-order chi connectivity index (χ0) is 15.1. The molecule has 116 valence electrons. The molecule has 1 aromatic rings. The van der Waals surface area contributed by atoms with Crippen molar-refractivity contribution in [3.63, 3.8) is 0 Å². The molecule has 1 aliphatic carbocycles. The second-order valence-corrected chi connectivity index (χ2v) is 6.00. The van der Waals surface area contributed by atoms with Crippen LogP contribution in [0.1, 0.15) is 56.4 Å². The lowest BCUT2D eigenvalue weighted by atomic mass is 9.81. The van der Waals surface area contributed by atoms with E-state index in [1.54, 1.807) is 6.20 Å². The molecule has 1 saturated carbocycles. The number of rotatable bonds is 6. The van der Waals surface area contributed by atoms with Crippen LogP contribution in [-0.2, 0) is 0 Å². The topological polar surface area (TPSA) is 66.9 Å². The van der Waals surface area contributed by atoms with Crippen molar-refractivity contribution in [1.82, 2.24) is 15.3 Å². The van der Waals surface area contributed by atoms with Gasteiger partial charge in [0.1, 0.15) is 11.5 Å². The van der Waals surface area contributed by atoms with Gasteiger partial charge < -0.3 is 10.6 Å². The predicted molar refractivity (Wildman–Crippen MR) is 84.3 cm³/mol. The number of amides is 1. The Morgan fingerprint density at radius 1 is 1.38 bits per heavy atom. The Bertz CT molecular complexity index is 463. The predicted octanol–water partition coefficient (Wildman–Crippen LogP) is 2.85. The van der Waals surface area contributed by atoms with Crippen LogP contribution in [0, 0.1) is 11.8 Å². The van der Waals surface area contributed by atoms with E-state index < -0.39 is 0 Å². The first-order chi connectivity index (χ1) is 10.2. The minimum absolute atomic E-state index is 0.133. The molecule has 2 atom stereocenters. The minimum atomic E-state index is -0.133. The lowest BCUT2D eigenvalue weighted by molar-refractivity contribution is 0.0944. The third-order valence-electron chi connectivity index (χ3n) is 4.11. The van der Waals surface area contributed by atoms with Crippen molar-refractivity contribution in [2.24, 2.45) is 11.8 Å². The van der Waals surface area contributed by atoms with Crippen molar-refractivity contribution in [3.05, 3.63) is 18.1 Å². The lowest BCUT2D eigenvalue weighted by Crippen LogP contribution is -2.28. The fraction of sp³-hybridized carbons (Fsp3) is 0.688. The van der Waals surface area contributed by atoms with Crippen molar-refractivity contribution in [3.8, 4) is 0 Å². The quantitative estimate of drug-likeness (QED) is 0.845. The van der Waals surface area contributed by atoms with Gasteiger partial charge in [-0.25, -0.2) is 4.98 Å². The SMILES string of the molecule is CCNc1cncc(C(=O)NCCC2CCCC(C)C2)n1. The van der Waals surface area contributed by atoms with Crippen molar-refractivity contribution in [1.29, 1.82) is 0 Å². The van der Waals surface area contributed by atoms with Gasteiger partial charge in [0, 0.05) is 13.1 Å². The Morgan fingerprint density at radius 2 is 2.24 bits per heavy atom. The molecule has 21 heavy (non-hydrogen) atoms. The molecule has 1 amide bonds. The molecule has 5 nitrogen and oxygen atoms in total. The van der Waals surface area contributed by atoms with Crippen LogP contribution < -0.4 is 10.6 Å². The normalized spacial score (nSPS) is 21.8. The van der Waals surface area contributed by atoms with Crippen LogP contribution in [0.2, 0.25) is 0 Å². The van der Waals surface area contributed by atoms with E-state index in [-0.39, 0.29) is 5.91 Å². The van der Waals surface area contributed by atoms with E-state index in [0.29, 0.717) is 11.5 Å². The molecular weight excluding hydrogens is 264 g/mol. The Kier molecular flexibility index (Phi) is 5.96. The maximum absolute atomic E-state index is 12.1. The number of carbonyl (C=O) groups excluding carboxylic acids is 1. The number of nitrogens with zero attached hydrogens (tertiary/aromatic N) is 2. The molecule has 5 heteroatoms. The van der Waals surface area contributed by atoms with Crippen LogP contribution in [0.4, 0.5) is 5.82 Å². The van der Waals surface area contributed by atoms with Gasteiger partial charge in [-0.1, -0.05) is 26.2 Å². The van der Waals surface area contributed by atoms with Crippen LogP contribution in [0.25, 0.3) is 0 Å². The summed E-state index contributed by atoms with van der Waals surface area (Å²) in [6, 6.07) is 0. The summed E-state index contributed by atoms with van der Waals surface area (Å²) in [5.41, 5.74) is 0.380. The Morgan fingerprint density at radius 3 is 3.00 bits per heavy atom. The summed E-state index contributed by atoms with van der Waals surface area (Å²) in [5.74, 6) is 2.10. The first-order valence-corrected chi connectivity index (χ1v) is 8.03. The van der Waals surface area contributed by atoms with E-state index in [0.717, 1.165) is 31.3 Å². The van der Waals surface area contributed by atoms with Crippen molar-refractivity contribution in [2.45, 2.75) is 46.0 Å². The second kappa shape index (κ2) is 7.96. The van der Waals surface area contributed by atoms with Crippen LogP contribution in [0.5, 0.6) is 0 Å². The summed E-state index contributed by atoms with van der Waals surface area (Å²) in [5, 5.41) is 6.02. The first-order valence-electron chi connectivity index (χ1n) is 8.03. The molecule has 2 N–H and O–H groups in total. The standard InChI is InChI=1S/C16H26N4O/c1-3-18-15-11-17-10-14(20-15)16(21)19-8-7-13-6-4-5-12(2)9-13/h10-13H,3-9H2,1-2H3,(H,18,20)(H,19,21). The Balaban J connectivity index is 1.77. The molecule has 0 spiro atoms. The average molecular weight is 290 g/mol. The molecule has 0 bridgehead atoms. The number of hydrogen-bond donors (Lipinski definition) is 2. The Hall–Kier alpha value is -1.65. The summed E-state index contributed by atoms with van der Waals surface area (Å²) < 4.78 is 0. The van der Waals surface area contributed by atoms with E-state index in [1.807, 2.05) is 6.92 Å². The summed E-state index contributed by atoms with van der Waals surface area (Å²) in [6.45, 7) is 5.80. The van der Waals surface area contributed by atoms with E-state index in [1.165, 1.54) is 31.9 Å². The van der Waals surface area contributed by atoms with Crippen LogP contribution >= 0.6 is 0 Å². The smallest absolute Gasteiger partial charge is 0.271 e. The number of nitrogens with one attached hydrogen (secondary N) is 2. The number of carbonyl (C=O) groups is 1. The minimum Gasteiger partial charge on any atom is -0.369 e. The summed E-state index contributed by atoms with van der Waals surface area (Å²) in [7, 11) is 0. The van der Waals surface area contributed by atoms with Crippen molar-refractivity contribution >= 4 is 11.7 Å². The van der Waals surface area contributed by atoms with Gasteiger partial charge in [-0.3, -0.25) is 9.78 Å². The molecule has 0 aliphatic heterocycles. The third-order valence-corrected chi connectivity index (χ3v) is 4.11. The number of hydrogen-bond acceptors (Lipinski definition) is 4. The highest BCUT2D eigenvalue weighted by molar-refractivity contribution is 5.92. The van der Waals surface area contributed by atoms with Crippen molar-refractivity contribution in [2.75, 3.05) is 18.4 Å². The van der Waals surface area contributed by atoms with Gasteiger partial charge in [0.05, 0.1) is 12.4 Å². The van der Waals surface area contributed by atoms with Gasteiger partial charge in [-0.05, 0) is 31.6 Å². The number of aromatic nitrogens is 2. The van der Waals surface area contributed by atoms with Gasteiger partial charge in [-0.2, -0.15) is 0 Å². The second-order valence-electron chi connectivity index (χ2n) is 6.00. The van der Waals surface area contributed by atoms with E-state index >= 15 is 0 Å². The highest BCUT2D eigenvalue weighted by Crippen LogP contribution is 2.30. The van der Waals surface area contributed by atoms with E-state index in [2.05, 4.69) is 27.5 Å². The largest absolute Gasteiger partial charge is 0.369 e. The molecule has 1 aromatic heterocycles. The average Bonchev–Trinajstić information content (AvgIpc) is 2.48. The summed E-state index contributed by atoms with van der Waals surface area (Å²) >= 11 is 0. The maximum atomic E-state index is 12.1. The molecular formula is C16H26N4O. The fourth-order valence-electron chi connectivity index (χ4n) is 3.04. The zero-order valence-electron chi connectivity index (χ0n) is 13.1. The highest BCUT2D eigenvalue weighted by atomic mass is 16.1.